The normalized spacial score (nSPS) is 16.9. The van der Waals surface area contributed by atoms with Crippen LogP contribution in [-0.4, -0.2) is 6.54 Å². The Hall–Kier alpha value is -0.0500. The number of halogens is 2. The third-order valence-electron chi connectivity index (χ3n) is 3.24. The van der Waals surface area contributed by atoms with Gasteiger partial charge in [0.1, 0.15) is 0 Å². The summed E-state index contributed by atoms with van der Waals surface area (Å²) in [5, 5.41) is 4.31. The Labute approximate surface area is 111 Å². The fourth-order valence-corrected chi connectivity index (χ4v) is 3.11. The molecule has 1 aliphatic rings. The zero-order chi connectivity index (χ0) is 11.4. The van der Waals surface area contributed by atoms with E-state index in [9.17, 15) is 0 Å². The molecule has 0 aromatic heterocycles. The highest BCUT2D eigenvalue weighted by Crippen LogP contribution is 2.24. The van der Waals surface area contributed by atoms with Gasteiger partial charge in [0, 0.05) is 16.0 Å². The molecule has 0 radical (unpaired) electrons. The quantitative estimate of drug-likeness (QED) is 0.870. The van der Waals surface area contributed by atoms with Crippen LogP contribution in [0, 0.1) is 5.92 Å². The van der Waals surface area contributed by atoms with E-state index in [4.69, 9.17) is 11.6 Å². The first-order valence-corrected chi connectivity index (χ1v) is 7.07. The van der Waals surface area contributed by atoms with Crippen molar-refractivity contribution >= 4 is 27.5 Å². The number of rotatable bonds is 4. The predicted molar refractivity (Wildman–Crippen MR) is 72.8 cm³/mol. The minimum Gasteiger partial charge on any atom is -0.312 e. The smallest absolute Gasteiger partial charge is 0.0417 e. The van der Waals surface area contributed by atoms with Gasteiger partial charge in [-0.1, -0.05) is 46.4 Å². The molecule has 0 aliphatic heterocycles. The number of hydrogen-bond acceptors (Lipinski definition) is 1. The maximum Gasteiger partial charge on any atom is 0.0417 e. The van der Waals surface area contributed by atoms with Crippen LogP contribution in [0.3, 0.4) is 0 Å². The van der Waals surface area contributed by atoms with Gasteiger partial charge in [0.2, 0.25) is 0 Å². The molecule has 0 bridgehead atoms. The molecular weight excluding hydrogens is 286 g/mol. The van der Waals surface area contributed by atoms with Crippen molar-refractivity contribution in [1.82, 2.24) is 5.32 Å². The van der Waals surface area contributed by atoms with Gasteiger partial charge in [0.15, 0.2) is 0 Å². The highest BCUT2D eigenvalue weighted by molar-refractivity contribution is 9.10. The number of benzene rings is 1. The van der Waals surface area contributed by atoms with Crippen LogP contribution in [0.2, 0.25) is 5.02 Å². The lowest BCUT2D eigenvalue weighted by molar-refractivity contribution is 0.489. The maximum absolute atomic E-state index is 5.90. The van der Waals surface area contributed by atoms with Crippen molar-refractivity contribution in [3.63, 3.8) is 0 Å². The Balaban J connectivity index is 1.80. The zero-order valence-corrected chi connectivity index (χ0v) is 11.6. The van der Waals surface area contributed by atoms with Gasteiger partial charge in [-0.05, 0) is 43.0 Å². The second kappa shape index (κ2) is 6.04. The molecule has 1 aromatic carbocycles. The summed E-state index contributed by atoms with van der Waals surface area (Å²) in [5.41, 5.74) is 1.28. The Bertz CT molecular complexity index is 348. The molecule has 0 amide bonds. The minimum atomic E-state index is 0.784. The molecule has 3 heteroatoms. The van der Waals surface area contributed by atoms with E-state index in [0.717, 1.165) is 28.5 Å². The molecule has 2 rings (SSSR count). The summed E-state index contributed by atoms with van der Waals surface area (Å²) in [5.74, 6) is 0.895. The third kappa shape index (κ3) is 3.47. The molecule has 16 heavy (non-hydrogen) atoms. The Morgan fingerprint density at radius 2 is 2.06 bits per heavy atom. The first kappa shape index (κ1) is 12.4. The van der Waals surface area contributed by atoms with E-state index in [1.54, 1.807) is 0 Å². The monoisotopic (exact) mass is 301 g/mol. The molecule has 0 unspecified atom stereocenters. The zero-order valence-electron chi connectivity index (χ0n) is 9.31. The van der Waals surface area contributed by atoms with Crippen molar-refractivity contribution in [1.29, 1.82) is 0 Å². The van der Waals surface area contributed by atoms with Gasteiger partial charge < -0.3 is 5.32 Å². The second-order valence-corrected chi connectivity index (χ2v) is 5.81. The topological polar surface area (TPSA) is 12.0 Å². The molecule has 1 nitrogen and oxygen atoms in total. The van der Waals surface area contributed by atoms with Crippen LogP contribution in [0.5, 0.6) is 0 Å². The van der Waals surface area contributed by atoms with Crippen molar-refractivity contribution < 1.29 is 0 Å². The Kier molecular flexibility index (Phi) is 4.68. The van der Waals surface area contributed by atoms with E-state index in [-0.39, 0.29) is 0 Å². The van der Waals surface area contributed by atoms with E-state index < -0.39 is 0 Å². The first-order valence-electron chi connectivity index (χ1n) is 5.90. The molecule has 88 valence electrons. The highest BCUT2D eigenvalue weighted by atomic mass is 79.9. The van der Waals surface area contributed by atoms with Gasteiger partial charge in [0.25, 0.3) is 0 Å². The molecule has 0 saturated heterocycles. The first-order chi connectivity index (χ1) is 7.75. The third-order valence-corrected chi connectivity index (χ3v) is 4.21. The fraction of sp³-hybridized carbons (Fsp3) is 0.538. The van der Waals surface area contributed by atoms with Gasteiger partial charge >= 0.3 is 0 Å². The standard InChI is InChI=1S/C13H17BrClN/c14-13-7-12(15)6-5-11(13)9-16-8-10-3-1-2-4-10/h5-7,10,16H,1-4,8-9H2. The van der Waals surface area contributed by atoms with Crippen LogP contribution in [0.1, 0.15) is 31.2 Å². The summed E-state index contributed by atoms with van der Waals surface area (Å²) in [7, 11) is 0. The summed E-state index contributed by atoms with van der Waals surface area (Å²) in [4.78, 5) is 0. The van der Waals surface area contributed by atoms with Gasteiger partial charge in [-0.3, -0.25) is 0 Å². The average Bonchev–Trinajstić information content (AvgIpc) is 2.74. The average molecular weight is 303 g/mol. The lowest BCUT2D eigenvalue weighted by atomic mass is 10.1. The van der Waals surface area contributed by atoms with Gasteiger partial charge in [-0.25, -0.2) is 0 Å². The van der Waals surface area contributed by atoms with Crippen LogP contribution in [0.25, 0.3) is 0 Å². The fourth-order valence-electron chi connectivity index (χ4n) is 2.29. The molecule has 1 aromatic rings. The van der Waals surface area contributed by atoms with Gasteiger partial charge in [-0.2, -0.15) is 0 Å². The lowest BCUT2D eigenvalue weighted by Crippen LogP contribution is -2.20. The summed E-state index contributed by atoms with van der Waals surface area (Å²) in [6, 6.07) is 5.97. The molecule has 0 spiro atoms. The summed E-state index contributed by atoms with van der Waals surface area (Å²) in [6.45, 7) is 2.07. The SMILES string of the molecule is Clc1ccc(CNCC2CCCC2)c(Br)c1. The van der Waals surface area contributed by atoms with Crippen LogP contribution in [-0.2, 0) is 6.54 Å². The van der Waals surface area contributed by atoms with Crippen molar-refractivity contribution in [2.24, 2.45) is 5.92 Å². The lowest BCUT2D eigenvalue weighted by Gasteiger charge is -2.11. The molecular formula is C13H17BrClN. The highest BCUT2D eigenvalue weighted by Gasteiger charge is 2.14. The van der Waals surface area contributed by atoms with Crippen molar-refractivity contribution in [2.45, 2.75) is 32.2 Å². The Morgan fingerprint density at radius 3 is 2.75 bits per heavy atom. The van der Waals surface area contributed by atoms with Gasteiger partial charge in [-0.15, -0.1) is 0 Å². The molecule has 0 heterocycles. The summed E-state index contributed by atoms with van der Waals surface area (Å²) >= 11 is 9.44. The second-order valence-electron chi connectivity index (χ2n) is 4.52. The molecule has 0 atom stereocenters. The van der Waals surface area contributed by atoms with Crippen LogP contribution >= 0.6 is 27.5 Å². The van der Waals surface area contributed by atoms with Crippen LogP contribution in [0.15, 0.2) is 22.7 Å². The van der Waals surface area contributed by atoms with Crippen molar-refractivity contribution in [2.75, 3.05) is 6.54 Å². The minimum absolute atomic E-state index is 0.784. The molecule has 1 aliphatic carbocycles. The van der Waals surface area contributed by atoms with Crippen molar-refractivity contribution in [3.8, 4) is 0 Å². The van der Waals surface area contributed by atoms with E-state index in [1.165, 1.54) is 31.2 Å². The molecule has 1 fully saturated rings. The van der Waals surface area contributed by atoms with E-state index in [2.05, 4.69) is 27.3 Å². The summed E-state index contributed by atoms with van der Waals surface area (Å²) in [6.07, 6.45) is 5.62. The molecule has 1 N–H and O–H groups in total. The number of nitrogens with one attached hydrogen (secondary N) is 1. The predicted octanol–water partition coefficient (Wildman–Crippen LogP) is 4.38. The maximum atomic E-state index is 5.90. The summed E-state index contributed by atoms with van der Waals surface area (Å²) < 4.78 is 1.10. The largest absolute Gasteiger partial charge is 0.312 e. The van der Waals surface area contributed by atoms with Gasteiger partial charge in [0.05, 0.1) is 0 Å². The van der Waals surface area contributed by atoms with E-state index >= 15 is 0 Å². The van der Waals surface area contributed by atoms with E-state index in [1.807, 2.05) is 12.1 Å². The van der Waals surface area contributed by atoms with Crippen molar-refractivity contribution in [3.05, 3.63) is 33.3 Å². The van der Waals surface area contributed by atoms with Crippen LogP contribution < -0.4 is 5.32 Å². The van der Waals surface area contributed by atoms with Crippen LogP contribution in [0.4, 0.5) is 0 Å². The number of hydrogen-bond donors (Lipinski definition) is 1. The molecule has 1 saturated carbocycles. The Morgan fingerprint density at radius 1 is 1.31 bits per heavy atom. The van der Waals surface area contributed by atoms with E-state index in [0.29, 0.717) is 0 Å².